The number of nitrogens with one attached hydrogen (secondary N) is 1. The lowest BCUT2D eigenvalue weighted by atomic mass is 9.94. The first-order valence-corrected chi connectivity index (χ1v) is 6.17. The Morgan fingerprint density at radius 1 is 1.38 bits per heavy atom. The summed E-state index contributed by atoms with van der Waals surface area (Å²) in [7, 11) is 0. The molecule has 0 bridgehead atoms. The molecule has 0 unspecified atom stereocenters. The molecule has 0 aromatic rings. The topological polar surface area (TPSA) is 58.4 Å². The van der Waals surface area contributed by atoms with E-state index in [9.17, 15) is 4.79 Å². The summed E-state index contributed by atoms with van der Waals surface area (Å²) in [5.41, 5.74) is 5.28. The van der Waals surface area contributed by atoms with Crippen molar-refractivity contribution in [3.8, 4) is 0 Å². The molecule has 0 spiro atoms. The normalized spacial score (nSPS) is 17.0. The van der Waals surface area contributed by atoms with Crippen LogP contribution in [0.1, 0.15) is 33.1 Å². The standard InChI is InChI=1S/C11H21N3OS/c1-11(2,9(12)16)8-13-10(15)14-6-4-3-5-7-14/h3-8H2,1-2H3,(H2,12,16)(H,13,15). The van der Waals surface area contributed by atoms with Crippen LogP contribution >= 0.6 is 12.2 Å². The minimum absolute atomic E-state index is 0.00373. The van der Waals surface area contributed by atoms with E-state index in [2.05, 4.69) is 5.32 Å². The molecule has 1 rings (SSSR count). The van der Waals surface area contributed by atoms with Gasteiger partial charge >= 0.3 is 6.03 Å². The summed E-state index contributed by atoms with van der Waals surface area (Å²) in [5, 5.41) is 2.89. The molecule has 0 atom stereocenters. The number of piperidine rings is 1. The van der Waals surface area contributed by atoms with Gasteiger partial charge < -0.3 is 16.0 Å². The molecule has 1 fully saturated rings. The van der Waals surface area contributed by atoms with Crippen molar-refractivity contribution in [3.63, 3.8) is 0 Å². The molecule has 4 nitrogen and oxygen atoms in total. The van der Waals surface area contributed by atoms with Gasteiger partial charge in [0.1, 0.15) is 0 Å². The van der Waals surface area contributed by atoms with Gasteiger partial charge in [-0.2, -0.15) is 0 Å². The first-order chi connectivity index (χ1) is 7.43. The maximum Gasteiger partial charge on any atom is 0.317 e. The number of thiocarbonyl (C=S) groups is 1. The highest BCUT2D eigenvalue weighted by atomic mass is 32.1. The summed E-state index contributed by atoms with van der Waals surface area (Å²) in [4.78, 5) is 14.1. The number of urea groups is 1. The maximum absolute atomic E-state index is 11.8. The Morgan fingerprint density at radius 2 is 1.94 bits per heavy atom. The Kier molecular flexibility index (Phi) is 4.53. The first kappa shape index (κ1) is 13.2. The molecular weight excluding hydrogens is 222 g/mol. The molecule has 1 aliphatic rings. The van der Waals surface area contributed by atoms with Crippen LogP contribution in [0.2, 0.25) is 0 Å². The van der Waals surface area contributed by atoms with Crippen LogP contribution in [0.3, 0.4) is 0 Å². The summed E-state index contributed by atoms with van der Waals surface area (Å²) < 4.78 is 0. The SMILES string of the molecule is CC(C)(CNC(=O)N1CCCCC1)C(N)=S. The van der Waals surface area contributed by atoms with Gasteiger partial charge in [0.15, 0.2) is 0 Å². The fraction of sp³-hybridized carbons (Fsp3) is 0.818. The molecule has 1 aliphatic heterocycles. The molecule has 2 amide bonds. The number of carbonyl (C=O) groups is 1. The predicted octanol–water partition coefficient (Wildman–Crippen LogP) is 1.49. The van der Waals surface area contributed by atoms with Crippen LogP contribution in [0.4, 0.5) is 4.79 Å². The second-order valence-electron chi connectivity index (χ2n) is 4.95. The maximum atomic E-state index is 11.8. The third-order valence-corrected chi connectivity index (χ3v) is 3.54. The van der Waals surface area contributed by atoms with Crippen LogP contribution in [-0.4, -0.2) is 35.6 Å². The van der Waals surface area contributed by atoms with Crippen LogP contribution in [-0.2, 0) is 0 Å². The van der Waals surface area contributed by atoms with Crippen molar-refractivity contribution in [3.05, 3.63) is 0 Å². The molecule has 0 radical (unpaired) electrons. The number of amides is 2. The largest absolute Gasteiger partial charge is 0.393 e. The molecule has 0 saturated carbocycles. The van der Waals surface area contributed by atoms with Gasteiger partial charge in [-0.05, 0) is 19.3 Å². The minimum Gasteiger partial charge on any atom is -0.393 e. The highest BCUT2D eigenvalue weighted by Crippen LogP contribution is 2.14. The van der Waals surface area contributed by atoms with E-state index in [1.54, 1.807) is 0 Å². The Bertz CT molecular complexity index is 272. The lowest BCUT2D eigenvalue weighted by Crippen LogP contribution is -2.48. The number of hydrogen-bond acceptors (Lipinski definition) is 2. The van der Waals surface area contributed by atoms with Crippen LogP contribution in [0, 0.1) is 5.41 Å². The van der Waals surface area contributed by atoms with Crippen molar-refractivity contribution < 1.29 is 4.79 Å². The smallest absolute Gasteiger partial charge is 0.317 e. The molecular formula is C11H21N3OS. The number of nitrogens with zero attached hydrogens (tertiary/aromatic N) is 1. The minimum atomic E-state index is -0.319. The third-order valence-electron chi connectivity index (χ3n) is 2.99. The molecule has 5 heteroatoms. The van der Waals surface area contributed by atoms with Crippen molar-refractivity contribution in [2.75, 3.05) is 19.6 Å². The van der Waals surface area contributed by atoms with Crippen molar-refractivity contribution >= 4 is 23.2 Å². The molecule has 0 aromatic heterocycles. The van der Waals surface area contributed by atoms with E-state index in [0.717, 1.165) is 25.9 Å². The lowest BCUT2D eigenvalue weighted by Gasteiger charge is -2.29. The van der Waals surface area contributed by atoms with E-state index in [4.69, 9.17) is 18.0 Å². The van der Waals surface area contributed by atoms with Gasteiger partial charge in [-0.3, -0.25) is 0 Å². The number of carbonyl (C=O) groups excluding carboxylic acids is 1. The molecule has 16 heavy (non-hydrogen) atoms. The molecule has 0 aliphatic carbocycles. The molecule has 1 heterocycles. The Hall–Kier alpha value is -0.840. The fourth-order valence-electron chi connectivity index (χ4n) is 1.59. The van der Waals surface area contributed by atoms with Crippen molar-refractivity contribution in [1.82, 2.24) is 10.2 Å². The lowest BCUT2D eigenvalue weighted by molar-refractivity contribution is 0.184. The van der Waals surface area contributed by atoms with Gasteiger partial charge in [0.25, 0.3) is 0 Å². The summed E-state index contributed by atoms with van der Waals surface area (Å²) >= 11 is 4.95. The van der Waals surface area contributed by atoms with E-state index >= 15 is 0 Å². The van der Waals surface area contributed by atoms with Gasteiger partial charge in [-0.1, -0.05) is 26.1 Å². The zero-order valence-electron chi connectivity index (χ0n) is 10.1. The quantitative estimate of drug-likeness (QED) is 0.738. The molecule has 92 valence electrons. The van der Waals surface area contributed by atoms with Crippen molar-refractivity contribution in [2.45, 2.75) is 33.1 Å². The van der Waals surface area contributed by atoms with E-state index in [1.807, 2.05) is 18.7 Å². The van der Waals surface area contributed by atoms with Crippen LogP contribution < -0.4 is 11.1 Å². The monoisotopic (exact) mass is 243 g/mol. The van der Waals surface area contributed by atoms with Gasteiger partial charge in [0.2, 0.25) is 0 Å². The van der Waals surface area contributed by atoms with Crippen LogP contribution in [0.25, 0.3) is 0 Å². The summed E-state index contributed by atoms with van der Waals surface area (Å²) in [6, 6.07) is 0.00373. The van der Waals surface area contributed by atoms with E-state index in [-0.39, 0.29) is 11.4 Å². The number of nitrogens with two attached hydrogens (primary N) is 1. The first-order valence-electron chi connectivity index (χ1n) is 5.76. The second-order valence-corrected chi connectivity index (χ2v) is 5.39. The molecule has 1 saturated heterocycles. The van der Waals surface area contributed by atoms with E-state index in [0.29, 0.717) is 11.5 Å². The Labute approximate surface area is 103 Å². The predicted molar refractivity (Wildman–Crippen MR) is 69.4 cm³/mol. The number of hydrogen-bond donors (Lipinski definition) is 2. The summed E-state index contributed by atoms with van der Waals surface area (Å²) in [6.07, 6.45) is 3.43. The summed E-state index contributed by atoms with van der Waals surface area (Å²) in [5.74, 6) is 0. The fourth-order valence-corrected chi connectivity index (χ4v) is 1.66. The second kappa shape index (κ2) is 5.48. The van der Waals surface area contributed by atoms with Crippen LogP contribution in [0.15, 0.2) is 0 Å². The number of rotatable bonds is 3. The van der Waals surface area contributed by atoms with Crippen molar-refractivity contribution in [2.24, 2.45) is 11.1 Å². The highest BCUT2D eigenvalue weighted by molar-refractivity contribution is 7.80. The summed E-state index contributed by atoms with van der Waals surface area (Å²) in [6.45, 7) is 6.09. The third kappa shape index (κ3) is 3.63. The zero-order valence-corrected chi connectivity index (χ0v) is 10.9. The number of likely N-dealkylation sites (tertiary alicyclic amines) is 1. The van der Waals surface area contributed by atoms with Gasteiger partial charge in [-0.15, -0.1) is 0 Å². The molecule has 0 aromatic carbocycles. The molecule has 3 N–H and O–H groups in total. The Balaban J connectivity index is 2.37. The highest BCUT2D eigenvalue weighted by Gasteiger charge is 2.24. The van der Waals surface area contributed by atoms with E-state index < -0.39 is 0 Å². The van der Waals surface area contributed by atoms with E-state index in [1.165, 1.54) is 6.42 Å². The zero-order chi connectivity index (χ0) is 12.2. The van der Waals surface area contributed by atoms with Crippen LogP contribution in [0.5, 0.6) is 0 Å². The Morgan fingerprint density at radius 3 is 2.44 bits per heavy atom. The van der Waals surface area contributed by atoms with Gasteiger partial charge in [-0.25, -0.2) is 4.79 Å². The van der Waals surface area contributed by atoms with Crippen molar-refractivity contribution in [1.29, 1.82) is 0 Å². The van der Waals surface area contributed by atoms with Gasteiger partial charge in [0.05, 0.1) is 4.99 Å². The van der Waals surface area contributed by atoms with Gasteiger partial charge in [0, 0.05) is 25.0 Å². The average Bonchev–Trinajstić information content (AvgIpc) is 2.27. The average molecular weight is 243 g/mol.